The van der Waals surface area contributed by atoms with E-state index < -0.39 is 18.0 Å². The van der Waals surface area contributed by atoms with Crippen LogP contribution in [0.3, 0.4) is 0 Å². The van der Waals surface area contributed by atoms with Gasteiger partial charge in [-0.1, -0.05) is 12.8 Å². The molecule has 190 valence electrons. The van der Waals surface area contributed by atoms with Crippen molar-refractivity contribution < 1.29 is 14.3 Å². The molecule has 1 saturated carbocycles. The number of nitriles is 1. The Bertz CT molecular complexity index is 1240. The van der Waals surface area contributed by atoms with E-state index in [2.05, 4.69) is 26.5 Å². The molecule has 3 heterocycles. The molecule has 3 aromatic rings. The van der Waals surface area contributed by atoms with Crippen molar-refractivity contribution in [3.05, 3.63) is 31.0 Å². The van der Waals surface area contributed by atoms with E-state index in [1.807, 2.05) is 10.9 Å². The Morgan fingerprint density at radius 2 is 2.11 bits per heavy atom. The number of rotatable bonds is 10. The van der Waals surface area contributed by atoms with Crippen molar-refractivity contribution in [3.63, 3.8) is 0 Å². The predicted octanol–water partition coefficient (Wildman–Crippen LogP) is 3.17. The lowest BCUT2D eigenvalue weighted by Gasteiger charge is -2.21. The number of nitrogens with one attached hydrogen (secondary N) is 1. The zero-order valence-electron chi connectivity index (χ0n) is 20.5. The van der Waals surface area contributed by atoms with Gasteiger partial charge in [-0.3, -0.25) is 9.25 Å². The lowest BCUT2D eigenvalue weighted by molar-refractivity contribution is -0.143. The minimum absolute atomic E-state index is 0.0356. The van der Waals surface area contributed by atoms with Gasteiger partial charge in [-0.15, -0.1) is 0 Å². The van der Waals surface area contributed by atoms with Crippen LogP contribution in [0.5, 0.6) is 0 Å². The highest BCUT2D eigenvalue weighted by atomic mass is 16.5. The molecule has 11 heteroatoms. The zero-order valence-corrected chi connectivity index (χ0v) is 20.5. The molecular weight excluding hydrogens is 460 g/mol. The average Bonchev–Trinajstić information content (AvgIpc) is 3.67. The molecule has 0 aromatic carbocycles. The second-order valence-electron chi connectivity index (χ2n) is 9.14. The molecule has 1 aliphatic carbocycles. The second kappa shape index (κ2) is 11.8. The van der Waals surface area contributed by atoms with Crippen molar-refractivity contribution >= 4 is 23.0 Å². The first-order chi connectivity index (χ1) is 17.6. The van der Waals surface area contributed by atoms with Gasteiger partial charge in [0, 0.05) is 23.3 Å². The number of hydrogen-bond acceptors (Lipinski definition) is 8. The third-order valence-electron chi connectivity index (χ3n) is 6.89. The van der Waals surface area contributed by atoms with Crippen LogP contribution in [-0.4, -0.2) is 56.0 Å². The van der Waals surface area contributed by atoms with Crippen LogP contribution in [0, 0.1) is 17.2 Å². The van der Waals surface area contributed by atoms with Crippen LogP contribution in [-0.2, 0) is 9.53 Å². The predicted molar refractivity (Wildman–Crippen MR) is 133 cm³/mol. The topological polar surface area (TPSA) is 154 Å². The van der Waals surface area contributed by atoms with Gasteiger partial charge in [-0.2, -0.15) is 10.4 Å². The quantitative estimate of drug-likeness (QED) is 0.323. The van der Waals surface area contributed by atoms with Crippen LogP contribution < -0.4 is 11.1 Å². The summed E-state index contributed by atoms with van der Waals surface area (Å²) in [6.07, 6.45) is 13.5. The Morgan fingerprint density at radius 3 is 2.83 bits per heavy atom. The largest absolute Gasteiger partial charge is 0.467 e. The number of aromatic nitrogens is 5. The highest BCUT2D eigenvalue weighted by Crippen LogP contribution is 2.36. The Morgan fingerprint density at radius 1 is 1.31 bits per heavy atom. The van der Waals surface area contributed by atoms with Gasteiger partial charge in [0.2, 0.25) is 0 Å². The van der Waals surface area contributed by atoms with Crippen LogP contribution in [0.25, 0.3) is 22.3 Å². The molecule has 2 atom stereocenters. The highest BCUT2D eigenvalue weighted by molar-refractivity contribution is 5.97. The Labute approximate surface area is 209 Å². The van der Waals surface area contributed by atoms with E-state index in [0.29, 0.717) is 48.5 Å². The molecule has 1 aliphatic rings. The number of ether oxygens (including phenoxy) is 1. The van der Waals surface area contributed by atoms with Crippen molar-refractivity contribution in [3.8, 4) is 17.3 Å². The fourth-order valence-corrected chi connectivity index (χ4v) is 5.00. The molecule has 1 fully saturated rings. The van der Waals surface area contributed by atoms with Crippen molar-refractivity contribution in [2.45, 2.75) is 63.5 Å². The van der Waals surface area contributed by atoms with E-state index >= 15 is 0 Å². The number of methoxy groups -OCH3 is 1. The summed E-state index contributed by atoms with van der Waals surface area (Å²) in [7, 11) is 1.29. The number of nitrogens with two attached hydrogens (primary N) is 1. The number of carbonyl (C=O) groups is 2. The highest BCUT2D eigenvalue weighted by Gasteiger charge is 2.28. The number of amides is 1. The van der Waals surface area contributed by atoms with Crippen molar-refractivity contribution in [2.24, 2.45) is 11.7 Å². The first-order valence-corrected chi connectivity index (χ1v) is 12.4. The summed E-state index contributed by atoms with van der Waals surface area (Å²) in [5.41, 5.74) is 7.40. The van der Waals surface area contributed by atoms with Gasteiger partial charge < -0.3 is 15.8 Å². The van der Waals surface area contributed by atoms with Crippen LogP contribution in [0.15, 0.2) is 31.0 Å². The lowest BCUT2D eigenvalue weighted by Crippen LogP contribution is -2.43. The van der Waals surface area contributed by atoms with Crippen molar-refractivity contribution in [2.75, 3.05) is 13.7 Å². The molecule has 0 radical (unpaired) electrons. The molecule has 3 N–H and O–H groups in total. The minimum Gasteiger partial charge on any atom is -0.467 e. The maximum Gasteiger partial charge on any atom is 0.328 e. The zero-order chi connectivity index (χ0) is 25.5. The smallest absolute Gasteiger partial charge is 0.328 e. The van der Waals surface area contributed by atoms with E-state index in [4.69, 9.17) is 10.5 Å². The molecule has 0 unspecified atom stereocenters. The molecule has 0 bridgehead atoms. The molecule has 11 nitrogen and oxygen atoms in total. The summed E-state index contributed by atoms with van der Waals surface area (Å²) in [6, 6.07) is 2.85. The summed E-state index contributed by atoms with van der Waals surface area (Å²) < 4.78 is 8.10. The minimum atomic E-state index is -0.779. The van der Waals surface area contributed by atoms with E-state index in [-0.39, 0.29) is 6.04 Å². The van der Waals surface area contributed by atoms with Crippen molar-refractivity contribution in [1.82, 2.24) is 29.6 Å². The van der Waals surface area contributed by atoms with Crippen LogP contribution in [0.1, 0.15) is 57.4 Å². The van der Waals surface area contributed by atoms with Gasteiger partial charge in [0.1, 0.15) is 12.4 Å². The second-order valence-corrected chi connectivity index (χ2v) is 9.14. The van der Waals surface area contributed by atoms with E-state index in [1.54, 1.807) is 18.5 Å². The van der Waals surface area contributed by atoms with E-state index in [9.17, 15) is 14.9 Å². The number of nitrogens with zero attached hydrogens (tertiary/aromatic N) is 6. The number of carbonyl (C=O) groups excluding carboxylic acids is 2. The normalized spacial score (nSPS) is 15.5. The van der Waals surface area contributed by atoms with E-state index in [1.165, 1.54) is 30.8 Å². The first kappa shape index (κ1) is 25.3. The fraction of sp³-hybridized carbons (Fsp3) is 0.520. The van der Waals surface area contributed by atoms with Gasteiger partial charge in [0.15, 0.2) is 5.65 Å². The Balaban J connectivity index is 1.58. The molecule has 0 saturated heterocycles. The average molecular weight is 493 g/mol. The fourth-order valence-electron chi connectivity index (χ4n) is 5.00. The third-order valence-corrected chi connectivity index (χ3v) is 6.89. The standard InChI is InChI=1S/C25H32N8O3/c1-36-24(34)20(8-4-5-11-26)31-25(35)32-13-10-19-22(28-16-29-23(19)32)18-14-30-33(15-18)21(9-12-27)17-6-2-3-7-17/h10,13-17,20-21H,2-9,11,26H2,1H3,(H,31,35)/t20-,21+/m0/s1. The molecule has 4 rings (SSSR count). The monoisotopic (exact) mass is 492 g/mol. The summed E-state index contributed by atoms with van der Waals surface area (Å²) >= 11 is 0. The molecule has 1 amide bonds. The number of hydrogen-bond donors (Lipinski definition) is 2. The summed E-state index contributed by atoms with van der Waals surface area (Å²) in [5, 5.41) is 17.4. The Kier molecular flexibility index (Phi) is 8.28. The third kappa shape index (κ3) is 5.39. The number of esters is 1. The summed E-state index contributed by atoms with van der Waals surface area (Å²) in [5.74, 6) is -0.0612. The van der Waals surface area contributed by atoms with Crippen LogP contribution in [0.4, 0.5) is 4.79 Å². The maximum atomic E-state index is 13.1. The number of fused-ring (bicyclic) bond motifs is 1. The van der Waals surface area contributed by atoms with E-state index in [0.717, 1.165) is 24.8 Å². The molecule has 3 aromatic heterocycles. The maximum absolute atomic E-state index is 13.1. The van der Waals surface area contributed by atoms with Crippen LogP contribution in [0.2, 0.25) is 0 Å². The van der Waals surface area contributed by atoms with Crippen LogP contribution >= 0.6 is 0 Å². The lowest BCUT2D eigenvalue weighted by atomic mass is 9.96. The number of unbranched alkanes of at least 4 members (excludes halogenated alkanes) is 1. The van der Waals surface area contributed by atoms with Gasteiger partial charge in [-0.05, 0) is 50.6 Å². The van der Waals surface area contributed by atoms with Crippen molar-refractivity contribution in [1.29, 1.82) is 5.26 Å². The van der Waals surface area contributed by atoms with Gasteiger partial charge in [-0.25, -0.2) is 19.6 Å². The molecular formula is C25H32N8O3. The van der Waals surface area contributed by atoms with Gasteiger partial charge in [0.05, 0.1) is 37.5 Å². The molecule has 36 heavy (non-hydrogen) atoms. The summed E-state index contributed by atoms with van der Waals surface area (Å²) in [4.78, 5) is 34.0. The SMILES string of the molecule is COC(=O)[C@H](CCCCN)NC(=O)n1ccc2c(-c3cnn([C@H](CC#N)C4CCCC4)c3)ncnc21. The van der Waals surface area contributed by atoms with Gasteiger partial charge >= 0.3 is 12.0 Å². The Hall–Kier alpha value is -3.78. The first-order valence-electron chi connectivity index (χ1n) is 12.4. The summed E-state index contributed by atoms with van der Waals surface area (Å²) in [6.45, 7) is 0.512. The van der Waals surface area contributed by atoms with Gasteiger partial charge in [0.25, 0.3) is 0 Å². The molecule has 0 aliphatic heterocycles. The molecule has 0 spiro atoms.